The van der Waals surface area contributed by atoms with Crippen molar-refractivity contribution in [3.63, 3.8) is 0 Å². The van der Waals surface area contributed by atoms with Crippen LogP contribution in [0.2, 0.25) is 5.02 Å². The van der Waals surface area contributed by atoms with Crippen LogP contribution in [0.1, 0.15) is 30.2 Å². The zero-order valence-electron chi connectivity index (χ0n) is 9.75. The van der Waals surface area contributed by atoms with Crippen molar-refractivity contribution in [2.45, 2.75) is 26.3 Å². The molecule has 0 aliphatic rings. The molecule has 0 amide bonds. The summed E-state index contributed by atoms with van der Waals surface area (Å²) in [4.78, 5) is 15.1. The van der Waals surface area contributed by atoms with Gasteiger partial charge in [-0.2, -0.15) is 0 Å². The Morgan fingerprint density at radius 1 is 1.61 bits per heavy atom. The standard InChI is InChI=1S/C11H13ClF2N2O2/c1-2-18-8(17)3-6-5-16-7(4-15)9(10(6)12)11(13)14/h5,11H,2-4,15H2,1H3. The lowest BCUT2D eigenvalue weighted by Crippen LogP contribution is -2.12. The van der Waals surface area contributed by atoms with Crippen LogP contribution in [-0.2, 0) is 22.5 Å². The molecule has 1 aromatic heterocycles. The molecule has 0 spiro atoms. The second kappa shape index (κ2) is 6.61. The number of ether oxygens (including phenoxy) is 1. The molecule has 2 N–H and O–H groups in total. The normalized spacial score (nSPS) is 10.8. The van der Waals surface area contributed by atoms with Crippen molar-refractivity contribution in [1.82, 2.24) is 4.98 Å². The van der Waals surface area contributed by atoms with Gasteiger partial charge in [0.25, 0.3) is 6.43 Å². The van der Waals surface area contributed by atoms with E-state index < -0.39 is 18.0 Å². The van der Waals surface area contributed by atoms with E-state index in [0.29, 0.717) is 0 Å². The second-order valence-electron chi connectivity index (χ2n) is 3.44. The number of alkyl halides is 2. The lowest BCUT2D eigenvalue weighted by molar-refractivity contribution is -0.142. The molecule has 0 fully saturated rings. The fraction of sp³-hybridized carbons (Fsp3) is 0.455. The third kappa shape index (κ3) is 3.36. The topological polar surface area (TPSA) is 65.2 Å². The fourth-order valence-corrected chi connectivity index (χ4v) is 1.76. The number of nitrogens with two attached hydrogens (primary N) is 1. The summed E-state index contributed by atoms with van der Waals surface area (Å²) in [6.07, 6.45) is -1.71. The Morgan fingerprint density at radius 2 is 2.28 bits per heavy atom. The maximum Gasteiger partial charge on any atom is 0.310 e. The van der Waals surface area contributed by atoms with Crippen LogP contribution in [0.3, 0.4) is 0 Å². The first kappa shape index (κ1) is 14.8. The number of rotatable bonds is 5. The van der Waals surface area contributed by atoms with E-state index in [0.717, 1.165) is 0 Å². The van der Waals surface area contributed by atoms with Gasteiger partial charge in [0.2, 0.25) is 0 Å². The first-order valence-corrected chi connectivity index (χ1v) is 5.69. The monoisotopic (exact) mass is 278 g/mol. The van der Waals surface area contributed by atoms with Crippen LogP contribution >= 0.6 is 11.6 Å². The summed E-state index contributed by atoms with van der Waals surface area (Å²) in [5.74, 6) is -0.540. The molecule has 0 aromatic carbocycles. The SMILES string of the molecule is CCOC(=O)Cc1cnc(CN)c(C(F)F)c1Cl. The minimum atomic E-state index is -2.79. The van der Waals surface area contributed by atoms with Gasteiger partial charge in [-0.3, -0.25) is 9.78 Å². The Labute approximate surface area is 108 Å². The Kier molecular flexibility index (Phi) is 5.43. The first-order chi connectivity index (χ1) is 8.51. The van der Waals surface area contributed by atoms with Crippen molar-refractivity contribution >= 4 is 17.6 Å². The average Bonchev–Trinajstić information content (AvgIpc) is 2.31. The molecular formula is C11H13ClF2N2O2. The Hall–Kier alpha value is -1.27. The maximum absolute atomic E-state index is 12.8. The maximum atomic E-state index is 12.8. The van der Waals surface area contributed by atoms with Crippen molar-refractivity contribution in [2.75, 3.05) is 6.61 Å². The van der Waals surface area contributed by atoms with Gasteiger partial charge in [-0.25, -0.2) is 8.78 Å². The van der Waals surface area contributed by atoms with Crippen molar-refractivity contribution in [1.29, 1.82) is 0 Å². The van der Waals surface area contributed by atoms with Crippen LogP contribution in [0.4, 0.5) is 8.78 Å². The number of carbonyl (C=O) groups is 1. The largest absolute Gasteiger partial charge is 0.466 e. The van der Waals surface area contributed by atoms with Gasteiger partial charge in [-0.1, -0.05) is 11.6 Å². The molecule has 0 atom stereocenters. The van der Waals surface area contributed by atoms with Gasteiger partial charge in [0.15, 0.2) is 0 Å². The van der Waals surface area contributed by atoms with Crippen molar-refractivity contribution in [3.05, 3.63) is 28.0 Å². The van der Waals surface area contributed by atoms with E-state index in [1.807, 2.05) is 0 Å². The Bertz CT molecular complexity index is 441. The molecule has 0 unspecified atom stereocenters. The molecule has 1 rings (SSSR count). The lowest BCUT2D eigenvalue weighted by atomic mass is 10.1. The van der Waals surface area contributed by atoms with Gasteiger partial charge < -0.3 is 10.5 Å². The van der Waals surface area contributed by atoms with Gasteiger partial charge in [-0.05, 0) is 6.92 Å². The van der Waals surface area contributed by atoms with Crippen LogP contribution in [-0.4, -0.2) is 17.6 Å². The summed E-state index contributed by atoms with van der Waals surface area (Å²) in [5.41, 5.74) is 5.14. The molecule has 0 saturated heterocycles. The Morgan fingerprint density at radius 3 is 2.78 bits per heavy atom. The molecule has 0 bridgehead atoms. The van der Waals surface area contributed by atoms with E-state index in [1.165, 1.54) is 6.20 Å². The predicted octanol–water partition coefficient (Wildman–Crippen LogP) is 2.24. The van der Waals surface area contributed by atoms with Gasteiger partial charge in [0.05, 0.1) is 29.3 Å². The second-order valence-corrected chi connectivity index (χ2v) is 3.82. The smallest absolute Gasteiger partial charge is 0.310 e. The van der Waals surface area contributed by atoms with Crippen LogP contribution in [0, 0.1) is 0 Å². The summed E-state index contributed by atoms with van der Waals surface area (Å²) in [6, 6.07) is 0. The highest BCUT2D eigenvalue weighted by atomic mass is 35.5. The van der Waals surface area contributed by atoms with Crippen LogP contribution in [0.25, 0.3) is 0 Å². The molecule has 0 radical (unpaired) electrons. The highest BCUT2D eigenvalue weighted by Crippen LogP contribution is 2.32. The highest BCUT2D eigenvalue weighted by molar-refractivity contribution is 6.32. The van der Waals surface area contributed by atoms with Crippen LogP contribution in [0.15, 0.2) is 6.20 Å². The zero-order valence-corrected chi connectivity index (χ0v) is 10.5. The van der Waals surface area contributed by atoms with E-state index in [4.69, 9.17) is 22.1 Å². The number of hydrogen-bond acceptors (Lipinski definition) is 4. The summed E-state index contributed by atoms with van der Waals surface area (Å²) in [7, 11) is 0. The van der Waals surface area contributed by atoms with E-state index in [-0.39, 0.29) is 35.9 Å². The predicted molar refractivity (Wildman–Crippen MR) is 62.4 cm³/mol. The quantitative estimate of drug-likeness (QED) is 0.839. The summed E-state index contributed by atoms with van der Waals surface area (Å²) in [6.45, 7) is 1.73. The summed E-state index contributed by atoms with van der Waals surface area (Å²) >= 11 is 5.85. The number of hydrogen-bond donors (Lipinski definition) is 1. The molecule has 1 heterocycles. The van der Waals surface area contributed by atoms with Gasteiger partial charge >= 0.3 is 5.97 Å². The summed E-state index contributed by atoms with van der Waals surface area (Å²) in [5, 5.41) is -0.173. The molecule has 4 nitrogen and oxygen atoms in total. The van der Waals surface area contributed by atoms with Crippen molar-refractivity contribution in [3.8, 4) is 0 Å². The zero-order chi connectivity index (χ0) is 13.7. The lowest BCUT2D eigenvalue weighted by Gasteiger charge is -2.12. The molecule has 100 valence electrons. The molecule has 0 aliphatic carbocycles. The van der Waals surface area contributed by atoms with E-state index in [1.54, 1.807) is 6.92 Å². The molecule has 0 aliphatic heterocycles. The number of nitrogens with zero attached hydrogens (tertiary/aromatic N) is 1. The third-order valence-electron chi connectivity index (χ3n) is 2.26. The van der Waals surface area contributed by atoms with Gasteiger partial charge in [0, 0.05) is 18.3 Å². The number of aromatic nitrogens is 1. The summed E-state index contributed by atoms with van der Waals surface area (Å²) < 4.78 is 30.4. The van der Waals surface area contributed by atoms with Crippen LogP contribution in [0.5, 0.6) is 0 Å². The molecular weight excluding hydrogens is 266 g/mol. The number of carbonyl (C=O) groups excluding carboxylic acids is 1. The van der Waals surface area contributed by atoms with Crippen molar-refractivity contribution in [2.24, 2.45) is 5.73 Å². The molecule has 7 heteroatoms. The number of pyridine rings is 1. The Balaban J connectivity index is 3.08. The highest BCUT2D eigenvalue weighted by Gasteiger charge is 2.21. The minimum absolute atomic E-state index is 0.0302. The average molecular weight is 279 g/mol. The van der Waals surface area contributed by atoms with E-state index in [9.17, 15) is 13.6 Å². The van der Waals surface area contributed by atoms with Crippen molar-refractivity contribution < 1.29 is 18.3 Å². The van der Waals surface area contributed by atoms with E-state index in [2.05, 4.69) is 4.98 Å². The third-order valence-corrected chi connectivity index (χ3v) is 2.70. The van der Waals surface area contributed by atoms with Gasteiger partial charge in [-0.15, -0.1) is 0 Å². The minimum Gasteiger partial charge on any atom is -0.466 e. The molecule has 18 heavy (non-hydrogen) atoms. The fourth-order valence-electron chi connectivity index (χ4n) is 1.46. The molecule has 0 saturated carbocycles. The first-order valence-electron chi connectivity index (χ1n) is 5.31. The number of esters is 1. The van der Waals surface area contributed by atoms with E-state index >= 15 is 0 Å². The molecule has 1 aromatic rings. The number of halogens is 3. The van der Waals surface area contributed by atoms with Crippen LogP contribution < -0.4 is 5.73 Å². The van der Waals surface area contributed by atoms with Gasteiger partial charge in [0.1, 0.15) is 0 Å².